The predicted octanol–water partition coefficient (Wildman–Crippen LogP) is 2.78. The normalized spacial score (nSPS) is 16.1. The van der Waals surface area contributed by atoms with Gasteiger partial charge < -0.3 is 25.0 Å². The number of ether oxygens (including phenoxy) is 1. The highest BCUT2D eigenvalue weighted by Gasteiger charge is 2.24. The summed E-state index contributed by atoms with van der Waals surface area (Å²) in [7, 11) is 5.97. The van der Waals surface area contributed by atoms with Crippen LogP contribution < -0.4 is 19.9 Å². The number of benzene rings is 1. The zero-order valence-electron chi connectivity index (χ0n) is 18.5. The number of pyridine rings is 2. The highest BCUT2D eigenvalue weighted by Crippen LogP contribution is 2.35. The van der Waals surface area contributed by atoms with Gasteiger partial charge in [0.25, 0.3) is 0 Å². The van der Waals surface area contributed by atoms with Crippen LogP contribution in [-0.4, -0.2) is 69.1 Å². The standard InChI is InChI=1S/C24H31N5O2/c1-25-9-11-31-24-7-4-18(14-26-24)21-13-23(29-10-8-17(15-29)16-30)20-6-5-19(28(2)3)12-22(20)27-21/h4-7,12-14,17,25,30H,8-11,15-16H2,1-3H3. The van der Waals surface area contributed by atoms with Crippen LogP contribution in [0, 0.1) is 5.92 Å². The second-order valence-electron chi connectivity index (χ2n) is 8.24. The molecule has 1 fully saturated rings. The number of aromatic nitrogens is 2. The summed E-state index contributed by atoms with van der Waals surface area (Å²) in [6.07, 6.45) is 2.83. The van der Waals surface area contributed by atoms with Crippen LogP contribution in [0.3, 0.4) is 0 Å². The fraction of sp³-hybridized carbons (Fsp3) is 0.417. The highest BCUT2D eigenvalue weighted by atomic mass is 16.5. The van der Waals surface area contributed by atoms with Gasteiger partial charge in [-0.05, 0) is 43.8 Å². The molecule has 3 aromatic rings. The van der Waals surface area contributed by atoms with Crippen molar-refractivity contribution in [1.29, 1.82) is 0 Å². The van der Waals surface area contributed by atoms with Gasteiger partial charge in [-0.25, -0.2) is 9.97 Å². The van der Waals surface area contributed by atoms with Crippen molar-refractivity contribution in [1.82, 2.24) is 15.3 Å². The van der Waals surface area contributed by atoms with Crippen LogP contribution in [0.2, 0.25) is 0 Å². The SMILES string of the molecule is CNCCOc1ccc(-c2cc(N3CCC(CO)C3)c3ccc(N(C)C)cc3n2)cn1. The van der Waals surface area contributed by atoms with E-state index >= 15 is 0 Å². The molecule has 7 heteroatoms. The lowest BCUT2D eigenvalue weighted by molar-refractivity contribution is 0.238. The van der Waals surface area contributed by atoms with Gasteiger partial charge in [0.1, 0.15) is 6.61 Å². The van der Waals surface area contributed by atoms with E-state index in [0.29, 0.717) is 18.4 Å². The van der Waals surface area contributed by atoms with Gasteiger partial charge in [-0.1, -0.05) is 0 Å². The summed E-state index contributed by atoms with van der Waals surface area (Å²) in [6, 6.07) is 12.5. The molecule has 1 saturated heterocycles. The molecular formula is C24H31N5O2. The van der Waals surface area contributed by atoms with Gasteiger partial charge in [0.15, 0.2) is 0 Å². The zero-order chi connectivity index (χ0) is 21.8. The zero-order valence-corrected chi connectivity index (χ0v) is 18.5. The molecule has 1 aromatic carbocycles. The summed E-state index contributed by atoms with van der Waals surface area (Å²) in [5.41, 5.74) is 5.08. The third kappa shape index (κ3) is 4.73. The Labute approximate surface area is 183 Å². The highest BCUT2D eigenvalue weighted by molar-refractivity contribution is 5.96. The lowest BCUT2D eigenvalue weighted by Crippen LogP contribution is -2.21. The van der Waals surface area contributed by atoms with Gasteiger partial charge in [-0.3, -0.25) is 0 Å². The van der Waals surface area contributed by atoms with E-state index in [-0.39, 0.29) is 6.61 Å². The molecule has 164 valence electrons. The van der Waals surface area contributed by atoms with Gasteiger partial charge in [-0.15, -0.1) is 0 Å². The maximum atomic E-state index is 9.61. The fourth-order valence-corrected chi connectivity index (χ4v) is 3.96. The lowest BCUT2D eigenvalue weighted by atomic mass is 10.1. The number of aliphatic hydroxyl groups is 1. The molecule has 2 aromatic heterocycles. The Morgan fingerprint density at radius 2 is 2.10 bits per heavy atom. The Hall–Kier alpha value is -2.90. The van der Waals surface area contributed by atoms with E-state index in [4.69, 9.17) is 9.72 Å². The minimum atomic E-state index is 0.232. The topological polar surface area (TPSA) is 73.8 Å². The molecule has 31 heavy (non-hydrogen) atoms. The Morgan fingerprint density at radius 1 is 1.23 bits per heavy atom. The van der Waals surface area contributed by atoms with Crippen LogP contribution in [0.5, 0.6) is 5.88 Å². The van der Waals surface area contributed by atoms with Crippen molar-refractivity contribution in [2.75, 3.05) is 63.8 Å². The van der Waals surface area contributed by atoms with E-state index < -0.39 is 0 Å². The smallest absolute Gasteiger partial charge is 0.213 e. The Morgan fingerprint density at radius 3 is 2.77 bits per heavy atom. The lowest BCUT2D eigenvalue weighted by Gasteiger charge is -2.22. The number of nitrogens with zero attached hydrogens (tertiary/aromatic N) is 4. The molecule has 0 saturated carbocycles. The maximum Gasteiger partial charge on any atom is 0.213 e. The van der Waals surface area contributed by atoms with Crippen molar-refractivity contribution in [2.24, 2.45) is 5.92 Å². The van der Waals surface area contributed by atoms with Crippen molar-refractivity contribution >= 4 is 22.3 Å². The van der Waals surface area contributed by atoms with Crippen molar-refractivity contribution in [2.45, 2.75) is 6.42 Å². The Balaban J connectivity index is 1.72. The van der Waals surface area contributed by atoms with E-state index in [1.54, 1.807) is 0 Å². The quantitative estimate of drug-likeness (QED) is 0.542. The van der Waals surface area contributed by atoms with E-state index in [0.717, 1.165) is 59.6 Å². The average molecular weight is 422 g/mol. The number of hydrogen-bond acceptors (Lipinski definition) is 7. The third-order valence-corrected chi connectivity index (χ3v) is 5.81. The number of anilines is 2. The third-order valence-electron chi connectivity index (χ3n) is 5.81. The first-order valence-electron chi connectivity index (χ1n) is 10.8. The Bertz CT molecular complexity index is 1020. The van der Waals surface area contributed by atoms with Gasteiger partial charge in [-0.2, -0.15) is 0 Å². The summed E-state index contributed by atoms with van der Waals surface area (Å²) >= 11 is 0. The number of aliphatic hydroxyl groups excluding tert-OH is 1. The van der Waals surface area contributed by atoms with E-state index in [1.165, 1.54) is 0 Å². The molecule has 0 spiro atoms. The van der Waals surface area contributed by atoms with Crippen LogP contribution in [-0.2, 0) is 0 Å². The first-order chi connectivity index (χ1) is 15.1. The average Bonchev–Trinajstić information content (AvgIpc) is 3.28. The minimum absolute atomic E-state index is 0.232. The number of nitrogens with one attached hydrogen (secondary N) is 1. The van der Waals surface area contributed by atoms with Crippen LogP contribution in [0.25, 0.3) is 22.2 Å². The molecular weight excluding hydrogens is 390 g/mol. The van der Waals surface area contributed by atoms with E-state index in [9.17, 15) is 5.11 Å². The summed E-state index contributed by atoms with van der Waals surface area (Å²) < 4.78 is 5.65. The van der Waals surface area contributed by atoms with Crippen LogP contribution in [0.4, 0.5) is 11.4 Å². The Kier molecular flexibility index (Phi) is 6.53. The molecule has 0 radical (unpaired) electrons. The number of fused-ring (bicyclic) bond motifs is 1. The molecule has 1 aliphatic heterocycles. The molecule has 0 amide bonds. The summed E-state index contributed by atoms with van der Waals surface area (Å²) in [6.45, 7) is 3.39. The van der Waals surface area contributed by atoms with Crippen LogP contribution >= 0.6 is 0 Å². The van der Waals surface area contributed by atoms with Gasteiger partial charge in [0.2, 0.25) is 5.88 Å². The molecule has 1 aliphatic rings. The van der Waals surface area contributed by atoms with Crippen molar-refractivity contribution in [3.63, 3.8) is 0 Å². The number of rotatable bonds is 8. The van der Waals surface area contributed by atoms with Gasteiger partial charge >= 0.3 is 0 Å². The maximum absolute atomic E-state index is 9.61. The number of likely N-dealkylation sites (N-methyl/N-ethyl adjacent to an activating group) is 1. The largest absolute Gasteiger partial charge is 0.476 e. The monoisotopic (exact) mass is 421 g/mol. The first kappa shape index (κ1) is 21.3. The molecule has 0 bridgehead atoms. The summed E-state index contributed by atoms with van der Waals surface area (Å²) in [5, 5.41) is 13.8. The predicted molar refractivity (Wildman–Crippen MR) is 126 cm³/mol. The molecule has 0 aliphatic carbocycles. The summed E-state index contributed by atoms with van der Waals surface area (Å²) in [5.74, 6) is 0.934. The molecule has 1 atom stereocenters. The van der Waals surface area contributed by atoms with Gasteiger partial charge in [0.05, 0.1) is 11.2 Å². The van der Waals surface area contributed by atoms with Crippen molar-refractivity contribution < 1.29 is 9.84 Å². The first-order valence-corrected chi connectivity index (χ1v) is 10.8. The molecule has 3 heterocycles. The van der Waals surface area contributed by atoms with Crippen LogP contribution in [0.1, 0.15) is 6.42 Å². The van der Waals surface area contributed by atoms with Crippen molar-refractivity contribution in [3.8, 4) is 17.1 Å². The second kappa shape index (κ2) is 9.49. The minimum Gasteiger partial charge on any atom is -0.476 e. The van der Waals surface area contributed by atoms with E-state index in [1.807, 2.05) is 39.5 Å². The van der Waals surface area contributed by atoms with Crippen LogP contribution in [0.15, 0.2) is 42.6 Å². The van der Waals surface area contributed by atoms with Crippen molar-refractivity contribution in [3.05, 3.63) is 42.6 Å². The summed E-state index contributed by atoms with van der Waals surface area (Å²) in [4.78, 5) is 13.9. The molecule has 4 rings (SSSR count). The molecule has 2 N–H and O–H groups in total. The number of hydrogen-bond donors (Lipinski definition) is 2. The van der Waals surface area contributed by atoms with Gasteiger partial charge in [0, 0.05) is 80.8 Å². The van der Waals surface area contributed by atoms with E-state index in [2.05, 4.69) is 44.4 Å². The fourth-order valence-electron chi connectivity index (χ4n) is 3.96. The second-order valence-corrected chi connectivity index (χ2v) is 8.24. The molecule has 7 nitrogen and oxygen atoms in total. The molecule has 1 unspecified atom stereocenters.